The number of anilines is 1. The molecule has 0 fully saturated rings. The zero-order chi connectivity index (χ0) is 18.4. The van der Waals surface area contributed by atoms with Gasteiger partial charge >= 0.3 is 0 Å². The molecule has 3 rings (SSSR count). The Bertz CT molecular complexity index is 1150. The van der Waals surface area contributed by atoms with Gasteiger partial charge in [-0.25, -0.2) is 12.8 Å². The number of nitrogens with two attached hydrogens (primary N) is 1. The zero-order valence-corrected chi connectivity index (χ0v) is 14.5. The van der Waals surface area contributed by atoms with Crippen LogP contribution in [0.4, 0.5) is 5.82 Å². The summed E-state index contributed by atoms with van der Waals surface area (Å²) in [5.41, 5.74) is 5.60. The first-order valence-electron chi connectivity index (χ1n) is 7.00. The maximum Gasteiger partial charge on any atom is 0.283 e. The fraction of sp³-hybridized carbons (Fsp3) is 0.143. The average Bonchev–Trinajstić information content (AvgIpc) is 2.99. The Labute approximate surface area is 145 Å². The van der Waals surface area contributed by atoms with Crippen LogP contribution in [0, 0.1) is 0 Å². The molecule has 130 valence electrons. The summed E-state index contributed by atoms with van der Waals surface area (Å²) in [5, 5.41) is 9.20. The van der Waals surface area contributed by atoms with E-state index in [-0.39, 0.29) is 27.3 Å². The minimum absolute atomic E-state index is 0.0597. The second-order valence-corrected chi connectivity index (χ2v) is 7.98. The Balaban J connectivity index is 2.27. The van der Waals surface area contributed by atoms with Crippen molar-refractivity contribution < 1.29 is 18.3 Å². The monoisotopic (exact) mass is 380 g/mol. The molecule has 0 radical (unpaired) electrons. The van der Waals surface area contributed by atoms with Crippen LogP contribution in [0.25, 0.3) is 11.0 Å². The van der Waals surface area contributed by atoms with E-state index in [0.717, 1.165) is 22.0 Å². The fourth-order valence-electron chi connectivity index (χ4n) is 2.15. The van der Waals surface area contributed by atoms with Gasteiger partial charge in [0.05, 0.1) is 11.3 Å². The number of aromatic nitrogens is 3. The number of aliphatic hydroxyl groups excluding tert-OH is 1. The number of rotatable bonds is 3. The molecule has 0 saturated carbocycles. The van der Waals surface area contributed by atoms with E-state index in [1.54, 1.807) is 0 Å². The Morgan fingerprint density at radius 1 is 1.36 bits per heavy atom. The quantitative estimate of drug-likeness (QED) is 0.782. The molecule has 0 unspecified atom stereocenters. The maximum atomic E-state index is 12.2. The first-order valence-corrected chi connectivity index (χ1v) is 9.42. The number of allylic oxidation sites excluding steroid dienone is 4. The standard InChI is InChI=1S/C14H12N4O5S2/c1-2-25(22,23)14-17-24-13-16-12(21)8(11(15)18(13)14)5-7-3-4-9(19)10(20)6-7/h3-6,20H,2,15H2,1H3/b7-5+. The lowest BCUT2D eigenvalue weighted by Crippen LogP contribution is -2.19. The van der Waals surface area contributed by atoms with Crippen LogP contribution in [-0.4, -0.2) is 38.8 Å². The first kappa shape index (κ1) is 17.0. The molecule has 1 aliphatic rings. The van der Waals surface area contributed by atoms with Gasteiger partial charge in [0.1, 0.15) is 5.82 Å². The van der Waals surface area contributed by atoms with Gasteiger partial charge in [-0.1, -0.05) is 13.0 Å². The van der Waals surface area contributed by atoms with Gasteiger partial charge in [-0.3, -0.25) is 9.59 Å². The molecule has 0 amide bonds. The van der Waals surface area contributed by atoms with Crippen molar-refractivity contribution >= 4 is 44.0 Å². The SMILES string of the molecule is CCS(=O)(=O)c1nsc2nc(=O)c(/C=C3\C=CC(=O)C(O)=C3)c(N)n12. The molecule has 3 N–H and O–H groups in total. The third-order valence-electron chi connectivity index (χ3n) is 3.48. The predicted octanol–water partition coefficient (Wildman–Crippen LogP) is 0.491. The lowest BCUT2D eigenvalue weighted by Gasteiger charge is -2.07. The number of ketones is 1. The molecular formula is C14H12N4O5S2. The third-order valence-corrected chi connectivity index (χ3v) is 5.89. The van der Waals surface area contributed by atoms with E-state index in [4.69, 9.17) is 5.73 Å². The van der Waals surface area contributed by atoms with Crippen molar-refractivity contribution in [3.8, 4) is 0 Å². The lowest BCUT2D eigenvalue weighted by molar-refractivity contribution is -0.113. The predicted molar refractivity (Wildman–Crippen MR) is 92.1 cm³/mol. The minimum Gasteiger partial charge on any atom is -0.504 e. The molecule has 0 atom stereocenters. The highest BCUT2D eigenvalue weighted by Crippen LogP contribution is 2.23. The minimum atomic E-state index is -3.67. The van der Waals surface area contributed by atoms with E-state index in [1.165, 1.54) is 25.2 Å². The Morgan fingerprint density at radius 3 is 2.72 bits per heavy atom. The van der Waals surface area contributed by atoms with E-state index < -0.39 is 26.9 Å². The van der Waals surface area contributed by atoms with E-state index in [9.17, 15) is 23.1 Å². The van der Waals surface area contributed by atoms with Gasteiger partial charge in [0.25, 0.3) is 5.56 Å². The van der Waals surface area contributed by atoms with Gasteiger partial charge in [-0.05, 0) is 23.8 Å². The van der Waals surface area contributed by atoms with Gasteiger partial charge in [-0.2, -0.15) is 9.36 Å². The number of fused-ring (bicyclic) bond motifs is 1. The number of hydrogen-bond acceptors (Lipinski definition) is 9. The highest BCUT2D eigenvalue weighted by Gasteiger charge is 2.23. The number of carbonyl (C=O) groups excluding carboxylic acids is 1. The summed E-state index contributed by atoms with van der Waals surface area (Å²) in [6.45, 7) is 1.47. The molecule has 0 saturated heterocycles. The molecule has 2 aromatic rings. The van der Waals surface area contributed by atoms with Crippen molar-refractivity contribution in [3.05, 3.63) is 45.5 Å². The number of nitrogens with zero attached hydrogens (tertiary/aromatic N) is 3. The first-order chi connectivity index (χ1) is 11.7. The number of hydrogen-bond donors (Lipinski definition) is 2. The second kappa shape index (κ2) is 5.93. The molecule has 0 aromatic carbocycles. The molecule has 2 aromatic heterocycles. The molecule has 0 bridgehead atoms. The normalized spacial score (nSPS) is 16.6. The van der Waals surface area contributed by atoms with Gasteiger partial charge in [0.15, 0.2) is 5.76 Å². The third kappa shape index (κ3) is 2.87. The van der Waals surface area contributed by atoms with Crippen molar-refractivity contribution in [2.24, 2.45) is 0 Å². The van der Waals surface area contributed by atoms with Crippen LogP contribution < -0.4 is 11.3 Å². The molecular weight excluding hydrogens is 368 g/mol. The van der Waals surface area contributed by atoms with Crippen molar-refractivity contribution in [2.75, 3.05) is 11.5 Å². The highest BCUT2D eigenvalue weighted by molar-refractivity contribution is 7.91. The van der Waals surface area contributed by atoms with Crippen LogP contribution in [0.2, 0.25) is 0 Å². The van der Waals surface area contributed by atoms with Gasteiger partial charge < -0.3 is 10.8 Å². The summed E-state index contributed by atoms with van der Waals surface area (Å²) < 4.78 is 29.3. The van der Waals surface area contributed by atoms with Crippen LogP contribution >= 0.6 is 11.5 Å². The van der Waals surface area contributed by atoms with Crippen LogP contribution in [-0.2, 0) is 14.6 Å². The smallest absolute Gasteiger partial charge is 0.283 e. The Hall–Kier alpha value is -2.79. The summed E-state index contributed by atoms with van der Waals surface area (Å²) in [4.78, 5) is 27.3. The summed E-state index contributed by atoms with van der Waals surface area (Å²) in [6.07, 6.45) is 5.02. The molecule has 11 heteroatoms. The van der Waals surface area contributed by atoms with E-state index in [2.05, 4.69) is 9.36 Å². The van der Waals surface area contributed by atoms with Crippen LogP contribution in [0.5, 0.6) is 0 Å². The highest BCUT2D eigenvalue weighted by atomic mass is 32.2. The Kier molecular flexibility index (Phi) is 4.05. The topological polar surface area (TPSA) is 145 Å². The molecule has 2 heterocycles. The van der Waals surface area contributed by atoms with E-state index in [1.807, 2.05) is 0 Å². The van der Waals surface area contributed by atoms with Crippen molar-refractivity contribution in [1.29, 1.82) is 0 Å². The van der Waals surface area contributed by atoms with Gasteiger partial charge in [0, 0.05) is 11.5 Å². The largest absolute Gasteiger partial charge is 0.504 e. The summed E-state index contributed by atoms with van der Waals surface area (Å²) >= 11 is 0.751. The van der Waals surface area contributed by atoms with Gasteiger partial charge in [0.2, 0.25) is 25.7 Å². The van der Waals surface area contributed by atoms with Gasteiger partial charge in [-0.15, -0.1) is 0 Å². The van der Waals surface area contributed by atoms with Crippen molar-refractivity contribution in [1.82, 2.24) is 13.8 Å². The number of sulfone groups is 1. The van der Waals surface area contributed by atoms with Crippen LogP contribution in [0.15, 0.2) is 39.5 Å². The van der Waals surface area contributed by atoms with Crippen LogP contribution in [0.3, 0.4) is 0 Å². The molecule has 25 heavy (non-hydrogen) atoms. The summed E-state index contributed by atoms with van der Waals surface area (Å²) in [6, 6.07) is 0. The van der Waals surface area contributed by atoms with Crippen molar-refractivity contribution in [3.63, 3.8) is 0 Å². The summed E-state index contributed by atoms with van der Waals surface area (Å²) in [7, 11) is -3.67. The average molecular weight is 380 g/mol. The maximum absolute atomic E-state index is 12.2. The van der Waals surface area contributed by atoms with E-state index in [0.29, 0.717) is 5.57 Å². The molecule has 9 nitrogen and oxygen atoms in total. The number of aliphatic hydroxyl groups is 1. The van der Waals surface area contributed by atoms with Crippen molar-refractivity contribution in [2.45, 2.75) is 12.1 Å². The fourth-order valence-corrected chi connectivity index (χ4v) is 4.13. The molecule has 0 spiro atoms. The Morgan fingerprint density at radius 2 is 2.08 bits per heavy atom. The van der Waals surface area contributed by atoms with E-state index >= 15 is 0 Å². The van der Waals surface area contributed by atoms with Crippen LogP contribution in [0.1, 0.15) is 12.5 Å². The number of nitrogen functional groups attached to an aromatic ring is 1. The second-order valence-electron chi connectivity index (χ2n) is 5.07. The molecule has 0 aliphatic heterocycles. The number of carbonyl (C=O) groups is 1. The molecule has 1 aliphatic carbocycles. The zero-order valence-electron chi connectivity index (χ0n) is 12.8. The summed E-state index contributed by atoms with van der Waals surface area (Å²) in [5.74, 6) is -1.36. The lowest BCUT2D eigenvalue weighted by atomic mass is 10.1.